The number of hydrogen-bond acceptors (Lipinski definition) is 5. The molecule has 2 atom stereocenters. The minimum Gasteiger partial charge on any atom is -0.367 e. The number of imidazole rings is 1. The molecule has 0 bridgehead atoms. The molecular weight excluding hydrogens is 528 g/mol. The third-order valence-corrected chi connectivity index (χ3v) is 7.72. The highest BCUT2D eigenvalue weighted by molar-refractivity contribution is 5.83. The number of aromatic nitrogens is 4. The van der Waals surface area contributed by atoms with Crippen LogP contribution < -0.4 is 10.6 Å². The summed E-state index contributed by atoms with van der Waals surface area (Å²) in [5.41, 5.74) is 5.48. The highest BCUT2D eigenvalue weighted by Gasteiger charge is 2.20. The molecule has 0 aliphatic heterocycles. The molecule has 2 aromatic heterocycles. The van der Waals surface area contributed by atoms with E-state index < -0.39 is 0 Å². The van der Waals surface area contributed by atoms with Crippen LogP contribution in [0, 0.1) is 24.2 Å². The van der Waals surface area contributed by atoms with Gasteiger partial charge in [-0.2, -0.15) is 0 Å². The first kappa shape index (κ1) is 33.6. The van der Waals surface area contributed by atoms with E-state index in [0.29, 0.717) is 24.9 Å². The summed E-state index contributed by atoms with van der Waals surface area (Å²) in [5, 5.41) is 7.19. The average Bonchev–Trinajstić information content (AvgIpc) is 3.45. The number of nitrogens with one attached hydrogen (secondary N) is 2. The second-order valence-corrected chi connectivity index (χ2v) is 11.8. The van der Waals surface area contributed by atoms with E-state index in [1.54, 1.807) is 0 Å². The van der Waals surface area contributed by atoms with E-state index in [4.69, 9.17) is 21.4 Å². The van der Waals surface area contributed by atoms with Crippen molar-refractivity contribution in [3.8, 4) is 12.3 Å². The van der Waals surface area contributed by atoms with E-state index in [2.05, 4.69) is 123 Å². The number of terminal acetylenes is 1. The van der Waals surface area contributed by atoms with Gasteiger partial charge in [0.25, 0.3) is 0 Å². The van der Waals surface area contributed by atoms with Crippen molar-refractivity contribution in [1.29, 1.82) is 0 Å². The van der Waals surface area contributed by atoms with Crippen LogP contribution >= 0.6 is 0 Å². The maximum atomic E-state index is 4.99. The zero-order valence-corrected chi connectivity index (χ0v) is 27.0. The predicted octanol–water partition coefficient (Wildman–Crippen LogP) is 8.40. The maximum Gasteiger partial charge on any atom is 0.166 e. The molecule has 0 aliphatic carbocycles. The molecule has 0 spiro atoms. The number of fused-ring (bicyclic) bond motifs is 1. The molecule has 228 valence electrons. The first-order chi connectivity index (χ1) is 20.7. The van der Waals surface area contributed by atoms with Gasteiger partial charge in [-0.05, 0) is 56.2 Å². The van der Waals surface area contributed by atoms with Crippen LogP contribution in [0.25, 0.3) is 11.2 Å². The molecule has 4 aromatic rings. The molecule has 6 heteroatoms. The predicted molar refractivity (Wildman–Crippen MR) is 182 cm³/mol. The molecule has 4 rings (SSSR count). The van der Waals surface area contributed by atoms with Gasteiger partial charge in [0.15, 0.2) is 11.5 Å². The fourth-order valence-corrected chi connectivity index (χ4v) is 4.83. The molecule has 6 nitrogen and oxygen atoms in total. The first-order valence-electron chi connectivity index (χ1n) is 15.6. The van der Waals surface area contributed by atoms with E-state index >= 15 is 0 Å². The Bertz CT molecular complexity index is 1400. The van der Waals surface area contributed by atoms with Gasteiger partial charge in [0.2, 0.25) is 0 Å². The van der Waals surface area contributed by atoms with E-state index in [1.807, 2.05) is 13.3 Å². The summed E-state index contributed by atoms with van der Waals surface area (Å²) in [6.07, 6.45) is 9.68. The summed E-state index contributed by atoms with van der Waals surface area (Å²) < 4.78 is 2.21. The monoisotopic (exact) mass is 578 g/mol. The number of allylic oxidation sites excluding steroid dienone is 1. The van der Waals surface area contributed by atoms with E-state index in [9.17, 15) is 0 Å². The van der Waals surface area contributed by atoms with Gasteiger partial charge >= 0.3 is 0 Å². The van der Waals surface area contributed by atoms with Gasteiger partial charge in [-0.15, -0.1) is 12.3 Å². The molecule has 0 saturated carbocycles. The lowest BCUT2D eigenvalue weighted by Gasteiger charge is -2.20. The van der Waals surface area contributed by atoms with Crippen molar-refractivity contribution >= 4 is 17.0 Å². The van der Waals surface area contributed by atoms with Crippen molar-refractivity contribution in [1.82, 2.24) is 24.8 Å². The molecule has 0 saturated heterocycles. The zero-order chi connectivity index (χ0) is 31.2. The van der Waals surface area contributed by atoms with Crippen LogP contribution in [0.5, 0.6) is 0 Å². The second kappa shape index (κ2) is 17.2. The van der Waals surface area contributed by atoms with Crippen LogP contribution in [-0.2, 0) is 6.54 Å². The average molecular weight is 579 g/mol. The fraction of sp³-hybridized carbons (Fsp3) is 0.432. The number of hydrogen-bond donors (Lipinski definition) is 2. The van der Waals surface area contributed by atoms with Gasteiger partial charge in [-0.25, -0.2) is 15.0 Å². The van der Waals surface area contributed by atoms with Crippen molar-refractivity contribution in [2.45, 2.75) is 79.3 Å². The van der Waals surface area contributed by atoms with Crippen molar-refractivity contribution in [3.63, 3.8) is 0 Å². The molecule has 0 amide bonds. The summed E-state index contributed by atoms with van der Waals surface area (Å²) >= 11 is 0. The van der Waals surface area contributed by atoms with E-state index in [1.165, 1.54) is 16.7 Å². The summed E-state index contributed by atoms with van der Waals surface area (Å²) in [5.74, 6) is 5.25. The van der Waals surface area contributed by atoms with Crippen LogP contribution in [-0.4, -0.2) is 32.6 Å². The van der Waals surface area contributed by atoms with Crippen LogP contribution in [0.4, 0.5) is 5.82 Å². The smallest absolute Gasteiger partial charge is 0.166 e. The first-order valence-corrected chi connectivity index (χ1v) is 15.6. The molecule has 2 unspecified atom stereocenters. The minimum absolute atomic E-state index is 0.185. The van der Waals surface area contributed by atoms with Gasteiger partial charge in [0.1, 0.15) is 11.3 Å². The SMILES string of the molecule is C#CCC.C=C(C)C(C)CCC(C)n1cnc2c(NCC(c3ccccc3)c3ccccc3)nc(CNCC(C)C)nc21. The van der Waals surface area contributed by atoms with Crippen molar-refractivity contribution in [3.05, 3.63) is 96.1 Å². The zero-order valence-electron chi connectivity index (χ0n) is 27.0. The quantitative estimate of drug-likeness (QED) is 0.116. The Morgan fingerprint density at radius 2 is 1.53 bits per heavy atom. The second-order valence-electron chi connectivity index (χ2n) is 11.8. The highest BCUT2D eigenvalue weighted by atomic mass is 15.2. The number of nitrogens with zero attached hydrogens (tertiary/aromatic N) is 4. The van der Waals surface area contributed by atoms with Crippen LogP contribution in [0.15, 0.2) is 79.1 Å². The lowest BCUT2D eigenvalue weighted by Crippen LogP contribution is -2.21. The summed E-state index contributed by atoms with van der Waals surface area (Å²) in [6.45, 7) is 19.4. The standard InChI is InChI=1S/C33H44N6.C4H6/c1-23(2)19-34-21-30-37-32(31-33(38-30)39(22-36-31)26(6)18-17-25(5)24(3)4)35-20-29(27-13-9-7-10-14-27)28-15-11-8-12-16-28;1-3-4-2/h7-16,22-23,25-26,29,34H,3,17-21H2,1-2,4-6H3,(H,35,37,38);1H,4H2,2H3. The molecule has 0 fully saturated rings. The Hall–Kier alpha value is -3.95. The normalized spacial score (nSPS) is 12.4. The Labute approximate surface area is 259 Å². The summed E-state index contributed by atoms with van der Waals surface area (Å²) in [7, 11) is 0. The third-order valence-electron chi connectivity index (χ3n) is 7.72. The fourth-order valence-electron chi connectivity index (χ4n) is 4.83. The Kier molecular flexibility index (Phi) is 13.4. The van der Waals surface area contributed by atoms with Gasteiger partial charge in [-0.3, -0.25) is 0 Å². The molecule has 2 heterocycles. The number of benzene rings is 2. The van der Waals surface area contributed by atoms with Gasteiger partial charge in [-0.1, -0.05) is 101 Å². The largest absolute Gasteiger partial charge is 0.367 e. The van der Waals surface area contributed by atoms with Crippen LogP contribution in [0.3, 0.4) is 0 Å². The molecule has 0 aliphatic rings. The maximum absolute atomic E-state index is 4.99. The molecule has 0 radical (unpaired) electrons. The van der Waals surface area contributed by atoms with Crippen molar-refractivity contribution < 1.29 is 0 Å². The van der Waals surface area contributed by atoms with E-state index in [0.717, 1.165) is 48.6 Å². The lowest BCUT2D eigenvalue weighted by molar-refractivity contribution is 0.454. The van der Waals surface area contributed by atoms with Crippen molar-refractivity contribution in [2.75, 3.05) is 18.4 Å². The Morgan fingerprint density at radius 1 is 0.930 bits per heavy atom. The number of rotatable bonds is 14. The lowest BCUT2D eigenvalue weighted by atomic mass is 9.91. The van der Waals surface area contributed by atoms with Gasteiger partial charge in [0, 0.05) is 24.9 Å². The van der Waals surface area contributed by atoms with Crippen molar-refractivity contribution in [2.24, 2.45) is 11.8 Å². The Balaban J connectivity index is 0.00000119. The number of anilines is 1. The molecule has 2 N–H and O–H groups in total. The topological polar surface area (TPSA) is 67.7 Å². The summed E-state index contributed by atoms with van der Waals surface area (Å²) in [6, 6.07) is 21.6. The van der Waals surface area contributed by atoms with Crippen LogP contribution in [0.1, 0.15) is 89.7 Å². The highest BCUT2D eigenvalue weighted by Crippen LogP contribution is 2.29. The molecule has 43 heavy (non-hydrogen) atoms. The minimum atomic E-state index is 0.185. The Morgan fingerprint density at radius 3 is 2.07 bits per heavy atom. The van der Waals surface area contributed by atoms with Gasteiger partial charge < -0.3 is 15.2 Å². The third kappa shape index (κ3) is 10.1. The molecule has 2 aromatic carbocycles. The van der Waals surface area contributed by atoms with Crippen LogP contribution in [0.2, 0.25) is 0 Å². The van der Waals surface area contributed by atoms with E-state index in [-0.39, 0.29) is 12.0 Å². The summed E-state index contributed by atoms with van der Waals surface area (Å²) in [4.78, 5) is 14.8. The molecular formula is C37H50N6. The van der Waals surface area contributed by atoms with Gasteiger partial charge in [0.05, 0.1) is 12.9 Å².